The lowest BCUT2D eigenvalue weighted by Gasteiger charge is -1.99. The second kappa shape index (κ2) is 7.35. The first kappa shape index (κ1) is 8.35. The third kappa shape index (κ3) is 7.35. The van der Waals surface area contributed by atoms with Crippen LogP contribution >= 0.6 is 0 Å². The zero-order chi connectivity index (χ0) is 6.95. The van der Waals surface area contributed by atoms with E-state index in [2.05, 4.69) is 14.2 Å². The van der Waals surface area contributed by atoms with E-state index in [9.17, 15) is 4.79 Å². The first-order valence-corrected chi connectivity index (χ1v) is 2.23. The molecule has 0 radical (unpaired) electrons. The van der Waals surface area contributed by atoms with Crippen molar-refractivity contribution in [3.63, 3.8) is 0 Å². The fourth-order valence-corrected chi connectivity index (χ4v) is 0.206. The Balaban J connectivity index is 2.66. The van der Waals surface area contributed by atoms with Crippen molar-refractivity contribution < 1.29 is 24.1 Å². The molecule has 0 aromatic heterocycles. The largest absolute Gasteiger partial charge is 0.441 e. The predicted octanol–water partition coefficient (Wildman–Crippen LogP) is -0.943. The molecule has 5 heteroatoms. The molecule has 0 fully saturated rings. The standard InChI is InChI=1S/C4H8O5/c5-1-7-3-9-4-8-2-6/h1,6H,2-4H2. The highest BCUT2D eigenvalue weighted by molar-refractivity contribution is 5.36. The Labute approximate surface area is 52.1 Å². The summed E-state index contributed by atoms with van der Waals surface area (Å²) in [7, 11) is 0. The van der Waals surface area contributed by atoms with Crippen molar-refractivity contribution in [1.29, 1.82) is 0 Å². The Morgan fingerprint density at radius 2 is 2.11 bits per heavy atom. The van der Waals surface area contributed by atoms with E-state index in [1.54, 1.807) is 0 Å². The van der Waals surface area contributed by atoms with Crippen LogP contribution in [0.4, 0.5) is 0 Å². The van der Waals surface area contributed by atoms with Gasteiger partial charge in [-0.1, -0.05) is 0 Å². The summed E-state index contributed by atoms with van der Waals surface area (Å²) in [4.78, 5) is 9.45. The number of aliphatic hydroxyl groups excluding tert-OH is 1. The topological polar surface area (TPSA) is 65.0 Å². The molecule has 0 aliphatic heterocycles. The summed E-state index contributed by atoms with van der Waals surface area (Å²) in [5.41, 5.74) is 0. The summed E-state index contributed by atoms with van der Waals surface area (Å²) < 4.78 is 12.9. The van der Waals surface area contributed by atoms with Gasteiger partial charge in [0.1, 0.15) is 6.79 Å². The van der Waals surface area contributed by atoms with Gasteiger partial charge in [-0.2, -0.15) is 0 Å². The Morgan fingerprint density at radius 3 is 2.67 bits per heavy atom. The predicted molar refractivity (Wildman–Crippen MR) is 26.1 cm³/mol. The highest BCUT2D eigenvalue weighted by Crippen LogP contribution is 1.75. The maximum Gasteiger partial charge on any atom is 0.295 e. The van der Waals surface area contributed by atoms with Crippen molar-refractivity contribution in [3.05, 3.63) is 0 Å². The summed E-state index contributed by atoms with van der Waals surface area (Å²) in [6.45, 7) is -0.367. The third-order valence-corrected chi connectivity index (χ3v) is 0.477. The SMILES string of the molecule is O=COCOCOCO. The van der Waals surface area contributed by atoms with E-state index in [0.29, 0.717) is 0 Å². The van der Waals surface area contributed by atoms with Gasteiger partial charge in [-0.3, -0.25) is 4.79 Å². The van der Waals surface area contributed by atoms with Gasteiger partial charge >= 0.3 is 0 Å². The summed E-state index contributed by atoms with van der Waals surface area (Å²) in [6.07, 6.45) is 0. The summed E-state index contributed by atoms with van der Waals surface area (Å²) in [6, 6.07) is 0. The molecule has 0 spiro atoms. The zero-order valence-corrected chi connectivity index (χ0v) is 4.78. The summed E-state index contributed by atoms with van der Waals surface area (Å²) in [5, 5.41) is 8.01. The van der Waals surface area contributed by atoms with Crippen LogP contribution in [0.2, 0.25) is 0 Å². The van der Waals surface area contributed by atoms with E-state index in [-0.39, 0.29) is 20.1 Å². The smallest absolute Gasteiger partial charge is 0.295 e. The molecular formula is C4H8O5. The van der Waals surface area contributed by atoms with E-state index in [0.717, 1.165) is 0 Å². The fourth-order valence-electron chi connectivity index (χ4n) is 0.206. The molecule has 0 rings (SSSR count). The molecule has 5 nitrogen and oxygen atoms in total. The number of carbonyl (C=O) groups excluding carboxylic acids is 1. The monoisotopic (exact) mass is 136 g/mol. The van der Waals surface area contributed by atoms with Crippen LogP contribution in [-0.2, 0) is 19.0 Å². The number of rotatable bonds is 6. The highest BCUT2D eigenvalue weighted by atomic mass is 16.8. The third-order valence-electron chi connectivity index (χ3n) is 0.477. The average Bonchev–Trinajstić information content (AvgIpc) is 1.89. The Bertz CT molecular complexity index is 64.0. The Morgan fingerprint density at radius 1 is 1.33 bits per heavy atom. The number of ether oxygens (including phenoxy) is 3. The van der Waals surface area contributed by atoms with Gasteiger partial charge in [-0.15, -0.1) is 0 Å². The first-order valence-electron chi connectivity index (χ1n) is 2.23. The van der Waals surface area contributed by atoms with Crippen molar-refractivity contribution >= 4 is 6.47 Å². The Kier molecular flexibility index (Phi) is 6.82. The normalized spacial score (nSPS) is 9.00. The van der Waals surface area contributed by atoms with E-state index in [4.69, 9.17) is 5.11 Å². The van der Waals surface area contributed by atoms with Gasteiger partial charge in [0.2, 0.25) is 0 Å². The summed E-state index contributed by atoms with van der Waals surface area (Å²) in [5.74, 6) is 0. The molecule has 0 heterocycles. The lowest BCUT2D eigenvalue weighted by Crippen LogP contribution is -2.03. The summed E-state index contributed by atoms with van der Waals surface area (Å²) >= 11 is 0. The molecule has 1 N–H and O–H groups in total. The first-order chi connectivity index (χ1) is 4.41. The molecule has 0 unspecified atom stereocenters. The lowest BCUT2D eigenvalue weighted by molar-refractivity contribution is -0.165. The average molecular weight is 136 g/mol. The molecule has 9 heavy (non-hydrogen) atoms. The van der Waals surface area contributed by atoms with E-state index in [1.807, 2.05) is 0 Å². The fraction of sp³-hybridized carbons (Fsp3) is 0.750. The molecule has 0 bridgehead atoms. The molecule has 0 aliphatic carbocycles. The van der Waals surface area contributed by atoms with Crippen LogP contribution in [0.15, 0.2) is 0 Å². The van der Waals surface area contributed by atoms with Gasteiger partial charge < -0.3 is 19.3 Å². The quantitative estimate of drug-likeness (QED) is 0.290. The van der Waals surface area contributed by atoms with Crippen LogP contribution in [-0.4, -0.2) is 32.0 Å². The van der Waals surface area contributed by atoms with Crippen LogP contribution in [0.1, 0.15) is 0 Å². The molecule has 0 saturated carbocycles. The minimum absolute atomic E-state index is 0.0790. The number of hydrogen-bond acceptors (Lipinski definition) is 5. The lowest BCUT2D eigenvalue weighted by atomic mass is 11.3. The van der Waals surface area contributed by atoms with Gasteiger partial charge in [-0.25, -0.2) is 0 Å². The molecule has 0 atom stereocenters. The maximum atomic E-state index is 9.45. The second-order valence-corrected chi connectivity index (χ2v) is 1.04. The maximum absolute atomic E-state index is 9.45. The highest BCUT2D eigenvalue weighted by Gasteiger charge is 1.83. The molecule has 54 valence electrons. The van der Waals surface area contributed by atoms with Crippen molar-refractivity contribution in [2.75, 3.05) is 20.4 Å². The van der Waals surface area contributed by atoms with Gasteiger partial charge in [0.05, 0.1) is 0 Å². The molecule has 0 amide bonds. The van der Waals surface area contributed by atoms with Crippen molar-refractivity contribution in [2.24, 2.45) is 0 Å². The Hall–Kier alpha value is -0.650. The van der Waals surface area contributed by atoms with Crippen LogP contribution in [0.25, 0.3) is 0 Å². The van der Waals surface area contributed by atoms with Gasteiger partial charge in [0.25, 0.3) is 6.47 Å². The van der Waals surface area contributed by atoms with Crippen LogP contribution in [0, 0.1) is 0 Å². The number of aliphatic hydroxyl groups is 1. The van der Waals surface area contributed by atoms with Gasteiger partial charge in [0, 0.05) is 0 Å². The van der Waals surface area contributed by atoms with Crippen LogP contribution in [0.3, 0.4) is 0 Å². The van der Waals surface area contributed by atoms with Gasteiger partial charge in [-0.05, 0) is 0 Å². The zero-order valence-electron chi connectivity index (χ0n) is 4.78. The molecule has 0 aliphatic rings. The van der Waals surface area contributed by atoms with Crippen molar-refractivity contribution in [2.45, 2.75) is 0 Å². The number of carbonyl (C=O) groups is 1. The second-order valence-electron chi connectivity index (χ2n) is 1.04. The molecule has 0 aromatic rings. The van der Waals surface area contributed by atoms with Crippen molar-refractivity contribution in [3.8, 4) is 0 Å². The van der Waals surface area contributed by atoms with Crippen LogP contribution in [0.5, 0.6) is 0 Å². The van der Waals surface area contributed by atoms with E-state index in [1.165, 1.54) is 0 Å². The van der Waals surface area contributed by atoms with E-state index < -0.39 is 6.79 Å². The minimum Gasteiger partial charge on any atom is -0.441 e. The molecule has 0 saturated heterocycles. The van der Waals surface area contributed by atoms with E-state index >= 15 is 0 Å². The van der Waals surface area contributed by atoms with Crippen LogP contribution < -0.4 is 0 Å². The molecular weight excluding hydrogens is 128 g/mol. The molecule has 0 aromatic carbocycles. The number of hydrogen-bond donors (Lipinski definition) is 1. The van der Waals surface area contributed by atoms with Crippen molar-refractivity contribution in [1.82, 2.24) is 0 Å². The minimum atomic E-state index is -0.402. The van der Waals surface area contributed by atoms with Gasteiger partial charge in [0.15, 0.2) is 13.6 Å².